The fourth-order valence-corrected chi connectivity index (χ4v) is 4.09. The first-order valence-electron chi connectivity index (χ1n) is 8.51. The molecule has 0 bridgehead atoms. The average Bonchev–Trinajstić information content (AvgIpc) is 2.58. The number of amides is 1. The fourth-order valence-electron chi connectivity index (χ4n) is 3.77. The van der Waals surface area contributed by atoms with Crippen LogP contribution in [0, 0.1) is 0 Å². The Bertz CT molecular complexity index is 550. The minimum Gasteiger partial charge on any atom is -0.381 e. The number of rotatable bonds is 3. The number of benzene rings is 1. The lowest BCUT2D eigenvalue weighted by molar-refractivity contribution is -0.131. The maximum absolute atomic E-state index is 13.2. The second-order valence-corrected chi connectivity index (χ2v) is 7.17. The lowest BCUT2D eigenvalue weighted by Crippen LogP contribution is -2.52. The smallest absolute Gasteiger partial charge is 0.231 e. The van der Waals surface area contributed by atoms with Crippen LogP contribution in [0.25, 0.3) is 0 Å². The summed E-state index contributed by atoms with van der Waals surface area (Å²) in [4.78, 5) is 13.2. The highest BCUT2D eigenvalue weighted by molar-refractivity contribution is 6.31. The molecule has 2 fully saturated rings. The number of carbonyl (C=O) groups is 1. The Balaban J connectivity index is 1.81. The Kier molecular flexibility index (Phi) is 5.24. The van der Waals surface area contributed by atoms with Gasteiger partial charge in [-0.15, -0.1) is 0 Å². The molecule has 1 saturated heterocycles. The van der Waals surface area contributed by atoms with Gasteiger partial charge in [0.25, 0.3) is 0 Å². The molecule has 0 radical (unpaired) electrons. The Labute approximate surface area is 142 Å². The molecule has 1 aromatic rings. The zero-order valence-electron chi connectivity index (χ0n) is 13.4. The average molecular weight is 337 g/mol. The topological polar surface area (TPSA) is 64.3 Å². The highest BCUT2D eigenvalue weighted by Gasteiger charge is 2.43. The van der Waals surface area contributed by atoms with Crippen LogP contribution >= 0.6 is 11.6 Å². The lowest BCUT2D eigenvalue weighted by Gasteiger charge is -2.38. The van der Waals surface area contributed by atoms with E-state index in [0.29, 0.717) is 31.1 Å². The van der Waals surface area contributed by atoms with E-state index in [1.807, 2.05) is 24.3 Å². The molecule has 1 saturated carbocycles. The summed E-state index contributed by atoms with van der Waals surface area (Å²) in [6, 6.07) is 8.20. The number of halogens is 1. The van der Waals surface area contributed by atoms with E-state index in [1.165, 1.54) is 0 Å². The van der Waals surface area contributed by atoms with Gasteiger partial charge in [-0.1, -0.05) is 29.8 Å². The largest absolute Gasteiger partial charge is 0.381 e. The molecule has 1 heterocycles. The molecular formula is C18H25ClN2O2. The number of nitrogens with two attached hydrogens (primary N) is 1. The molecule has 2 aliphatic rings. The van der Waals surface area contributed by atoms with Crippen molar-refractivity contribution >= 4 is 17.5 Å². The van der Waals surface area contributed by atoms with Crippen molar-refractivity contribution < 1.29 is 9.53 Å². The molecule has 0 atom stereocenters. The van der Waals surface area contributed by atoms with Crippen LogP contribution in [0.2, 0.25) is 5.02 Å². The minimum atomic E-state index is -0.573. The molecule has 1 aliphatic heterocycles. The Morgan fingerprint density at radius 2 is 1.83 bits per heavy atom. The van der Waals surface area contributed by atoms with Gasteiger partial charge in [0, 0.05) is 30.3 Å². The maximum atomic E-state index is 13.2. The van der Waals surface area contributed by atoms with Crippen LogP contribution in [0.1, 0.15) is 44.1 Å². The van der Waals surface area contributed by atoms with Gasteiger partial charge in [-0.3, -0.25) is 4.79 Å². The van der Waals surface area contributed by atoms with Gasteiger partial charge < -0.3 is 15.8 Å². The molecule has 23 heavy (non-hydrogen) atoms. The first-order valence-corrected chi connectivity index (χ1v) is 8.89. The molecule has 0 unspecified atom stereocenters. The van der Waals surface area contributed by atoms with Crippen molar-refractivity contribution in [3.63, 3.8) is 0 Å². The predicted octanol–water partition coefficient (Wildman–Crippen LogP) is 2.77. The SMILES string of the molecule is NC1CCC(NC(=O)C2(c3ccccc3Cl)CCOCC2)CC1. The summed E-state index contributed by atoms with van der Waals surface area (Å²) in [6.07, 6.45) is 5.23. The quantitative estimate of drug-likeness (QED) is 0.892. The van der Waals surface area contributed by atoms with E-state index in [1.54, 1.807) is 0 Å². The Hall–Kier alpha value is -1.10. The van der Waals surface area contributed by atoms with Gasteiger partial charge in [-0.2, -0.15) is 0 Å². The highest BCUT2D eigenvalue weighted by atomic mass is 35.5. The summed E-state index contributed by atoms with van der Waals surface area (Å²) in [7, 11) is 0. The fraction of sp³-hybridized carbons (Fsp3) is 0.611. The third-order valence-corrected chi connectivity index (χ3v) is 5.61. The number of carbonyl (C=O) groups excluding carboxylic acids is 1. The molecule has 3 N–H and O–H groups in total. The highest BCUT2D eigenvalue weighted by Crippen LogP contribution is 2.39. The van der Waals surface area contributed by atoms with Crippen molar-refractivity contribution in [3.05, 3.63) is 34.9 Å². The van der Waals surface area contributed by atoms with Gasteiger partial charge in [-0.05, 0) is 50.2 Å². The van der Waals surface area contributed by atoms with Gasteiger partial charge in [0.15, 0.2) is 0 Å². The van der Waals surface area contributed by atoms with Crippen LogP contribution in [-0.4, -0.2) is 31.2 Å². The van der Waals surface area contributed by atoms with Crippen LogP contribution in [0.15, 0.2) is 24.3 Å². The summed E-state index contributed by atoms with van der Waals surface area (Å²) in [5.41, 5.74) is 6.31. The molecule has 0 aromatic heterocycles. The first kappa shape index (κ1) is 16.7. The summed E-state index contributed by atoms with van der Waals surface area (Å²) in [5, 5.41) is 3.93. The number of hydrogen-bond acceptors (Lipinski definition) is 3. The van der Waals surface area contributed by atoms with E-state index in [9.17, 15) is 4.79 Å². The molecule has 126 valence electrons. The van der Waals surface area contributed by atoms with E-state index in [2.05, 4.69) is 5.32 Å². The molecule has 5 heteroatoms. The van der Waals surface area contributed by atoms with E-state index in [0.717, 1.165) is 31.2 Å². The van der Waals surface area contributed by atoms with Gasteiger partial charge in [0.05, 0.1) is 5.41 Å². The zero-order valence-corrected chi connectivity index (χ0v) is 14.1. The molecule has 1 amide bonds. The summed E-state index contributed by atoms with van der Waals surface area (Å²) in [6.45, 7) is 1.18. The molecule has 3 rings (SSSR count). The Morgan fingerprint density at radius 1 is 1.17 bits per heavy atom. The third-order valence-electron chi connectivity index (χ3n) is 5.28. The molecule has 4 nitrogen and oxygen atoms in total. The third kappa shape index (κ3) is 3.54. The van der Waals surface area contributed by atoms with Crippen LogP contribution < -0.4 is 11.1 Å². The summed E-state index contributed by atoms with van der Waals surface area (Å²) < 4.78 is 5.50. The second kappa shape index (κ2) is 7.20. The van der Waals surface area contributed by atoms with Gasteiger partial charge in [0.1, 0.15) is 0 Å². The van der Waals surface area contributed by atoms with Crippen molar-refractivity contribution in [2.45, 2.75) is 56.0 Å². The normalized spacial score (nSPS) is 27.4. The number of ether oxygens (including phenoxy) is 1. The van der Waals surface area contributed by atoms with E-state index in [-0.39, 0.29) is 18.0 Å². The van der Waals surface area contributed by atoms with Crippen LogP contribution in [-0.2, 0) is 14.9 Å². The van der Waals surface area contributed by atoms with Gasteiger partial charge in [0.2, 0.25) is 5.91 Å². The van der Waals surface area contributed by atoms with E-state index >= 15 is 0 Å². The van der Waals surface area contributed by atoms with Gasteiger partial charge >= 0.3 is 0 Å². The van der Waals surface area contributed by atoms with Crippen molar-refractivity contribution in [2.75, 3.05) is 13.2 Å². The predicted molar refractivity (Wildman–Crippen MR) is 91.6 cm³/mol. The van der Waals surface area contributed by atoms with Crippen molar-refractivity contribution in [1.82, 2.24) is 5.32 Å². The molecule has 0 spiro atoms. The second-order valence-electron chi connectivity index (χ2n) is 6.76. The van der Waals surface area contributed by atoms with Crippen molar-refractivity contribution in [3.8, 4) is 0 Å². The van der Waals surface area contributed by atoms with Crippen LogP contribution in [0.4, 0.5) is 0 Å². The molecule has 1 aliphatic carbocycles. The van der Waals surface area contributed by atoms with Crippen molar-refractivity contribution in [2.24, 2.45) is 5.73 Å². The maximum Gasteiger partial charge on any atom is 0.231 e. The molecular weight excluding hydrogens is 312 g/mol. The Morgan fingerprint density at radius 3 is 2.48 bits per heavy atom. The first-order chi connectivity index (χ1) is 11.1. The van der Waals surface area contributed by atoms with Crippen molar-refractivity contribution in [1.29, 1.82) is 0 Å². The number of nitrogens with one attached hydrogen (secondary N) is 1. The van der Waals surface area contributed by atoms with Crippen LogP contribution in [0.3, 0.4) is 0 Å². The zero-order chi connectivity index (χ0) is 16.3. The van der Waals surface area contributed by atoms with E-state index < -0.39 is 5.41 Å². The monoisotopic (exact) mass is 336 g/mol. The number of hydrogen-bond donors (Lipinski definition) is 2. The summed E-state index contributed by atoms with van der Waals surface area (Å²) in [5.74, 6) is 0.0920. The standard InChI is InChI=1S/C18H25ClN2O2/c19-16-4-2-1-3-15(16)18(9-11-23-12-10-18)17(22)21-14-7-5-13(20)6-8-14/h1-4,13-14H,5-12,20H2,(H,21,22). The minimum absolute atomic E-state index is 0.0920. The van der Waals surface area contributed by atoms with Crippen LogP contribution in [0.5, 0.6) is 0 Å². The summed E-state index contributed by atoms with van der Waals surface area (Å²) >= 11 is 6.42. The van der Waals surface area contributed by atoms with E-state index in [4.69, 9.17) is 22.1 Å². The van der Waals surface area contributed by atoms with Gasteiger partial charge in [-0.25, -0.2) is 0 Å². The lowest BCUT2D eigenvalue weighted by atomic mass is 9.73. The molecule has 1 aromatic carbocycles.